The summed E-state index contributed by atoms with van der Waals surface area (Å²) in [7, 11) is 0. The molecule has 3 rings (SSSR count). The molecular formula is C19H17ClFN3S. The predicted molar refractivity (Wildman–Crippen MR) is 103 cm³/mol. The maximum absolute atomic E-state index is 13.8. The molecule has 0 spiro atoms. The predicted octanol–water partition coefficient (Wildman–Crippen LogP) is 6.49. The van der Waals surface area contributed by atoms with Crippen LogP contribution in [0.15, 0.2) is 59.6 Å². The van der Waals surface area contributed by atoms with E-state index < -0.39 is 5.82 Å². The highest BCUT2D eigenvalue weighted by Gasteiger charge is 2.06. The molecule has 25 heavy (non-hydrogen) atoms. The summed E-state index contributed by atoms with van der Waals surface area (Å²) in [5, 5.41) is 9.42. The first-order valence-corrected chi connectivity index (χ1v) is 8.92. The Labute approximate surface area is 156 Å². The van der Waals surface area contributed by atoms with Crippen LogP contribution in [0.25, 0.3) is 11.3 Å². The van der Waals surface area contributed by atoms with Gasteiger partial charge in [-0.2, -0.15) is 5.26 Å². The van der Waals surface area contributed by atoms with Gasteiger partial charge in [0, 0.05) is 21.8 Å². The summed E-state index contributed by atoms with van der Waals surface area (Å²) in [6.07, 6.45) is 1.84. The van der Waals surface area contributed by atoms with Crippen molar-refractivity contribution in [3.63, 3.8) is 0 Å². The van der Waals surface area contributed by atoms with Gasteiger partial charge < -0.3 is 9.71 Å². The molecule has 0 radical (unpaired) electrons. The van der Waals surface area contributed by atoms with Crippen molar-refractivity contribution in [3.8, 4) is 17.3 Å². The Hall–Kier alpha value is -2.42. The van der Waals surface area contributed by atoms with E-state index in [1.54, 1.807) is 12.1 Å². The molecule has 0 aliphatic heterocycles. The summed E-state index contributed by atoms with van der Waals surface area (Å²) in [4.78, 5) is 4.09. The minimum Gasteiger partial charge on any atom is -0.360 e. The molecule has 2 aromatic carbocycles. The number of nitriles is 1. The van der Waals surface area contributed by atoms with Gasteiger partial charge in [-0.05, 0) is 53.9 Å². The second-order valence-corrected chi connectivity index (χ2v) is 6.08. The highest BCUT2D eigenvalue weighted by atomic mass is 35.5. The lowest BCUT2D eigenvalue weighted by Gasteiger charge is -2.05. The van der Waals surface area contributed by atoms with E-state index in [1.807, 2.05) is 56.4 Å². The van der Waals surface area contributed by atoms with E-state index in [0.717, 1.165) is 16.2 Å². The molecule has 0 aliphatic carbocycles. The number of hydrogen-bond acceptors (Lipinski definition) is 3. The van der Waals surface area contributed by atoms with Crippen LogP contribution in [-0.2, 0) is 0 Å². The monoisotopic (exact) mass is 373 g/mol. The number of nitrogens with one attached hydrogen (secondary N) is 2. The fourth-order valence-electron chi connectivity index (χ4n) is 2.01. The zero-order valence-corrected chi connectivity index (χ0v) is 15.4. The molecule has 128 valence electrons. The summed E-state index contributed by atoms with van der Waals surface area (Å²) < 4.78 is 16.7. The highest BCUT2D eigenvalue weighted by molar-refractivity contribution is 8.00. The fraction of sp³-hybridized carbons (Fsp3) is 0.105. The van der Waals surface area contributed by atoms with Crippen LogP contribution in [0.5, 0.6) is 0 Å². The molecule has 1 heterocycles. The van der Waals surface area contributed by atoms with Crippen molar-refractivity contribution in [1.29, 1.82) is 5.26 Å². The van der Waals surface area contributed by atoms with Gasteiger partial charge >= 0.3 is 0 Å². The van der Waals surface area contributed by atoms with E-state index >= 15 is 0 Å². The number of hydrogen-bond donors (Lipinski definition) is 2. The summed E-state index contributed by atoms with van der Waals surface area (Å²) in [5.41, 5.74) is 2.60. The molecule has 0 fully saturated rings. The van der Waals surface area contributed by atoms with Gasteiger partial charge in [-0.1, -0.05) is 37.6 Å². The summed E-state index contributed by atoms with van der Waals surface area (Å²) in [6, 6.07) is 15.7. The van der Waals surface area contributed by atoms with Gasteiger partial charge in [0.1, 0.15) is 5.82 Å². The molecule has 0 saturated carbocycles. The fourth-order valence-corrected chi connectivity index (χ4v) is 2.82. The molecule has 3 aromatic rings. The smallest absolute Gasteiger partial charge is 0.148 e. The normalized spacial score (nSPS) is 9.72. The zero-order valence-electron chi connectivity index (χ0n) is 13.8. The number of nitrogens with zero attached hydrogens (tertiary/aromatic N) is 1. The molecule has 0 amide bonds. The van der Waals surface area contributed by atoms with Crippen molar-refractivity contribution in [2.24, 2.45) is 0 Å². The lowest BCUT2D eigenvalue weighted by Crippen LogP contribution is -1.91. The lowest BCUT2D eigenvalue weighted by molar-refractivity contribution is 0.632. The van der Waals surface area contributed by atoms with Gasteiger partial charge in [-0.3, -0.25) is 0 Å². The third kappa shape index (κ3) is 5.02. The van der Waals surface area contributed by atoms with E-state index in [4.69, 9.17) is 16.9 Å². The number of halogens is 2. The van der Waals surface area contributed by atoms with E-state index in [-0.39, 0.29) is 0 Å². The molecule has 0 aliphatic rings. The molecule has 6 heteroatoms. The molecule has 0 saturated heterocycles. The first kappa shape index (κ1) is 18.9. The van der Waals surface area contributed by atoms with Crippen LogP contribution in [0.2, 0.25) is 5.02 Å². The van der Waals surface area contributed by atoms with Crippen molar-refractivity contribution in [2.75, 3.05) is 4.72 Å². The molecular weight excluding hydrogens is 357 g/mol. The Bertz CT molecular complexity index is 869. The quantitative estimate of drug-likeness (QED) is 0.514. The average molecular weight is 374 g/mol. The van der Waals surface area contributed by atoms with Crippen LogP contribution in [0.4, 0.5) is 10.1 Å². The number of rotatable bonds is 4. The Morgan fingerprint density at radius 2 is 1.84 bits per heavy atom. The third-order valence-corrected chi connectivity index (χ3v) is 4.23. The zero-order chi connectivity index (χ0) is 18.2. The van der Waals surface area contributed by atoms with E-state index in [0.29, 0.717) is 16.3 Å². The SMILES string of the molecule is CC.N#Cc1ccc(NSc2c[nH]c(-c3ccc(Cl)cc3)c2)c(F)c1. The van der Waals surface area contributed by atoms with Crippen LogP contribution >= 0.6 is 23.5 Å². The van der Waals surface area contributed by atoms with E-state index in [9.17, 15) is 4.39 Å². The average Bonchev–Trinajstić information content (AvgIpc) is 3.12. The number of benzene rings is 2. The van der Waals surface area contributed by atoms with E-state index in [1.165, 1.54) is 18.0 Å². The molecule has 0 unspecified atom stereocenters. The lowest BCUT2D eigenvalue weighted by atomic mass is 10.2. The van der Waals surface area contributed by atoms with Crippen LogP contribution in [0.1, 0.15) is 19.4 Å². The highest BCUT2D eigenvalue weighted by Crippen LogP contribution is 2.28. The van der Waals surface area contributed by atoms with Crippen molar-refractivity contribution >= 4 is 29.2 Å². The molecule has 0 atom stereocenters. The third-order valence-electron chi connectivity index (χ3n) is 3.19. The molecule has 0 bridgehead atoms. The standard InChI is InChI=1S/C17H11ClFN3S.C2H6/c18-13-4-2-12(3-5-13)17-8-14(10-21-17)23-22-16-6-1-11(9-20)7-15(16)19;1-2/h1-8,10,21-22H;1-2H3. The van der Waals surface area contributed by atoms with Gasteiger partial charge in [0.15, 0.2) is 0 Å². The largest absolute Gasteiger partial charge is 0.360 e. The van der Waals surface area contributed by atoms with Gasteiger partial charge in [0.25, 0.3) is 0 Å². The van der Waals surface area contributed by atoms with Gasteiger partial charge in [0.2, 0.25) is 0 Å². The summed E-state index contributed by atoms with van der Waals surface area (Å²) >= 11 is 7.17. The number of H-pyrrole nitrogens is 1. The minimum absolute atomic E-state index is 0.296. The first-order chi connectivity index (χ1) is 12.2. The van der Waals surface area contributed by atoms with Crippen molar-refractivity contribution in [1.82, 2.24) is 4.98 Å². The molecule has 3 nitrogen and oxygen atoms in total. The van der Waals surface area contributed by atoms with Crippen LogP contribution in [0, 0.1) is 17.1 Å². The van der Waals surface area contributed by atoms with Gasteiger partial charge in [-0.15, -0.1) is 0 Å². The number of anilines is 1. The van der Waals surface area contributed by atoms with Crippen molar-refractivity contribution in [2.45, 2.75) is 18.7 Å². The van der Waals surface area contributed by atoms with Crippen LogP contribution in [-0.4, -0.2) is 4.98 Å². The van der Waals surface area contributed by atoms with Crippen LogP contribution < -0.4 is 4.72 Å². The summed E-state index contributed by atoms with van der Waals surface area (Å²) in [6.45, 7) is 4.00. The van der Waals surface area contributed by atoms with Crippen LogP contribution in [0.3, 0.4) is 0 Å². The van der Waals surface area contributed by atoms with Crippen molar-refractivity contribution < 1.29 is 4.39 Å². The number of aromatic nitrogens is 1. The van der Waals surface area contributed by atoms with Crippen molar-refractivity contribution in [3.05, 3.63) is 71.1 Å². The van der Waals surface area contributed by atoms with E-state index in [2.05, 4.69) is 9.71 Å². The Balaban J connectivity index is 0.00000109. The Kier molecular flexibility index (Phi) is 6.93. The molecule has 2 N–H and O–H groups in total. The maximum Gasteiger partial charge on any atom is 0.148 e. The second kappa shape index (κ2) is 9.16. The first-order valence-electron chi connectivity index (χ1n) is 7.72. The topological polar surface area (TPSA) is 51.6 Å². The van der Waals surface area contributed by atoms with Gasteiger partial charge in [0.05, 0.1) is 17.3 Å². The second-order valence-electron chi connectivity index (χ2n) is 4.77. The Morgan fingerprint density at radius 1 is 1.12 bits per heavy atom. The Morgan fingerprint density at radius 3 is 2.48 bits per heavy atom. The molecule has 1 aromatic heterocycles. The summed E-state index contributed by atoms with van der Waals surface area (Å²) in [5.74, 6) is -0.454. The maximum atomic E-state index is 13.8. The number of aromatic amines is 1. The van der Waals surface area contributed by atoms with Gasteiger partial charge in [-0.25, -0.2) is 4.39 Å². The minimum atomic E-state index is -0.454.